The highest BCUT2D eigenvalue weighted by molar-refractivity contribution is 5.72. The van der Waals surface area contributed by atoms with E-state index in [1.165, 1.54) is 51.4 Å². The monoisotopic (exact) mass is 394 g/mol. The maximum Gasteiger partial charge on any atom is 0.311 e. The van der Waals surface area contributed by atoms with Crippen LogP contribution in [-0.2, 0) is 4.79 Å². The number of azo groups is 1. The van der Waals surface area contributed by atoms with Crippen molar-refractivity contribution in [2.45, 2.75) is 77.6 Å². The summed E-state index contributed by atoms with van der Waals surface area (Å²) in [6.45, 7) is 2.25. The van der Waals surface area contributed by atoms with Gasteiger partial charge in [0.05, 0.1) is 11.4 Å². The van der Waals surface area contributed by atoms with Gasteiger partial charge in [0, 0.05) is 6.42 Å². The van der Waals surface area contributed by atoms with Crippen LogP contribution in [0.25, 0.3) is 0 Å². The molecule has 0 heterocycles. The first-order valence-electron chi connectivity index (χ1n) is 11.1. The van der Waals surface area contributed by atoms with E-state index >= 15 is 0 Å². The molecule has 0 aliphatic rings. The molecule has 0 N–H and O–H groups in total. The molecule has 4 heteroatoms. The number of nitrogens with zero attached hydrogens (tertiary/aromatic N) is 2. The number of esters is 1. The first kappa shape index (κ1) is 22.8. The van der Waals surface area contributed by atoms with Crippen molar-refractivity contribution in [1.82, 2.24) is 0 Å². The van der Waals surface area contributed by atoms with Gasteiger partial charge in [-0.25, -0.2) is 0 Å². The van der Waals surface area contributed by atoms with Crippen LogP contribution in [0.5, 0.6) is 5.75 Å². The molecule has 0 bridgehead atoms. The Morgan fingerprint density at radius 2 is 1.21 bits per heavy atom. The van der Waals surface area contributed by atoms with Crippen LogP contribution in [0.15, 0.2) is 64.8 Å². The lowest BCUT2D eigenvalue weighted by molar-refractivity contribution is -0.134. The van der Waals surface area contributed by atoms with Gasteiger partial charge >= 0.3 is 5.97 Å². The van der Waals surface area contributed by atoms with Crippen molar-refractivity contribution in [3.63, 3.8) is 0 Å². The van der Waals surface area contributed by atoms with Gasteiger partial charge in [-0.05, 0) is 42.8 Å². The Morgan fingerprint density at radius 1 is 0.690 bits per heavy atom. The first-order valence-corrected chi connectivity index (χ1v) is 11.1. The van der Waals surface area contributed by atoms with Gasteiger partial charge in [-0.1, -0.05) is 82.9 Å². The number of rotatable bonds is 14. The molecule has 0 fully saturated rings. The summed E-state index contributed by atoms with van der Waals surface area (Å²) in [6, 6.07) is 16.7. The standard InChI is InChI=1S/C25H34N2O2/c1-2-3-4-5-6-7-8-9-10-14-17-25(28)29-24-20-18-23(19-21-24)27-26-22-15-12-11-13-16-22/h11-13,15-16,18-21H,2-10,14,17H2,1H3/b27-26+. The molecule has 4 nitrogen and oxygen atoms in total. The van der Waals surface area contributed by atoms with Gasteiger partial charge in [-0.2, -0.15) is 10.2 Å². The molecule has 2 rings (SSSR count). The predicted octanol–water partition coefficient (Wildman–Crippen LogP) is 8.32. The van der Waals surface area contributed by atoms with Gasteiger partial charge in [0.15, 0.2) is 0 Å². The number of carbonyl (C=O) groups is 1. The molecule has 2 aromatic carbocycles. The number of benzene rings is 2. The fourth-order valence-electron chi connectivity index (χ4n) is 3.13. The Labute approximate surface area is 175 Å². The van der Waals surface area contributed by atoms with E-state index < -0.39 is 0 Å². The lowest BCUT2D eigenvalue weighted by Crippen LogP contribution is -2.07. The first-order chi connectivity index (χ1) is 14.3. The van der Waals surface area contributed by atoms with E-state index in [1.807, 2.05) is 30.3 Å². The van der Waals surface area contributed by atoms with E-state index in [0.29, 0.717) is 12.2 Å². The molecule has 0 saturated heterocycles. The second-order valence-corrected chi connectivity index (χ2v) is 7.44. The van der Waals surface area contributed by atoms with E-state index in [1.54, 1.807) is 24.3 Å². The third kappa shape index (κ3) is 10.6. The van der Waals surface area contributed by atoms with Crippen LogP contribution in [0.1, 0.15) is 77.6 Å². The molecular formula is C25H34N2O2. The summed E-state index contributed by atoms with van der Waals surface area (Å²) in [7, 11) is 0. The molecule has 0 saturated carbocycles. The van der Waals surface area contributed by atoms with E-state index in [2.05, 4.69) is 17.2 Å². The zero-order chi connectivity index (χ0) is 20.6. The van der Waals surface area contributed by atoms with Gasteiger partial charge in [-0.15, -0.1) is 0 Å². The molecule has 156 valence electrons. The molecule has 0 atom stereocenters. The minimum Gasteiger partial charge on any atom is -0.427 e. The van der Waals surface area contributed by atoms with Crippen molar-refractivity contribution < 1.29 is 9.53 Å². The summed E-state index contributed by atoms with van der Waals surface area (Å²) in [5.41, 5.74) is 1.53. The lowest BCUT2D eigenvalue weighted by Gasteiger charge is -2.05. The normalized spacial score (nSPS) is 11.1. The van der Waals surface area contributed by atoms with Crippen molar-refractivity contribution in [3.05, 3.63) is 54.6 Å². The van der Waals surface area contributed by atoms with Crippen molar-refractivity contribution >= 4 is 17.3 Å². The van der Waals surface area contributed by atoms with E-state index in [4.69, 9.17) is 4.74 Å². The quantitative estimate of drug-likeness (QED) is 0.140. The maximum atomic E-state index is 12.0. The topological polar surface area (TPSA) is 51.0 Å². The molecule has 0 amide bonds. The number of ether oxygens (including phenoxy) is 1. The van der Waals surface area contributed by atoms with Gasteiger partial charge in [0.25, 0.3) is 0 Å². The molecule has 0 aliphatic carbocycles. The SMILES string of the molecule is CCCCCCCCCCCCC(=O)Oc1ccc(/N=N/c2ccccc2)cc1. The second-order valence-electron chi connectivity index (χ2n) is 7.44. The van der Waals surface area contributed by atoms with Crippen LogP contribution in [0.4, 0.5) is 11.4 Å². The number of unbranched alkanes of at least 4 members (excludes halogenated alkanes) is 9. The fourth-order valence-corrected chi connectivity index (χ4v) is 3.13. The smallest absolute Gasteiger partial charge is 0.311 e. The van der Waals surface area contributed by atoms with Crippen molar-refractivity contribution in [1.29, 1.82) is 0 Å². The molecular weight excluding hydrogens is 360 g/mol. The maximum absolute atomic E-state index is 12.0. The summed E-state index contributed by atoms with van der Waals surface area (Å²) >= 11 is 0. The zero-order valence-corrected chi connectivity index (χ0v) is 17.7. The van der Waals surface area contributed by atoms with Crippen LogP contribution in [0.2, 0.25) is 0 Å². The molecule has 0 radical (unpaired) electrons. The largest absolute Gasteiger partial charge is 0.427 e. The molecule has 0 aromatic heterocycles. The van der Waals surface area contributed by atoms with Crippen molar-refractivity contribution in [3.8, 4) is 5.75 Å². The van der Waals surface area contributed by atoms with E-state index in [0.717, 1.165) is 24.2 Å². The fraction of sp³-hybridized carbons (Fsp3) is 0.480. The van der Waals surface area contributed by atoms with Crippen LogP contribution in [0.3, 0.4) is 0 Å². The van der Waals surface area contributed by atoms with E-state index in [-0.39, 0.29) is 5.97 Å². The summed E-state index contributed by atoms with van der Waals surface area (Å²) in [6.07, 6.45) is 13.0. The summed E-state index contributed by atoms with van der Waals surface area (Å²) in [5, 5.41) is 8.36. The number of hydrogen-bond acceptors (Lipinski definition) is 4. The minimum absolute atomic E-state index is 0.164. The van der Waals surface area contributed by atoms with Crippen molar-refractivity contribution in [2.24, 2.45) is 10.2 Å². The van der Waals surface area contributed by atoms with Crippen molar-refractivity contribution in [2.75, 3.05) is 0 Å². The van der Waals surface area contributed by atoms with Crippen LogP contribution in [0, 0.1) is 0 Å². The Kier molecular flexibility index (Phi) is 11.4. The Balaban J connectivity index is 1.56. The Bertz CT molecular complexity index is 711. The van der Waals surface area contributed by atoms with Gasteiger partial charge in [-0.3, -0.25) is 4.79 Å². The highest BCUT2D eigenvalue weighted by atomic mass is 16.5. The van der Waals surface area contributed by atoms with Gasteiger partial charge < -0.3 is 4.74 Å². The predicted molar refractivity (Wildman–Crippen MR) is 119 cm³/mol. The molecule has 2 aromatic rings. The zero-order valence-electron chi connectivity index (χ0n) is 17.7. The average molecular weight is 395 g/mol. The number of hydrogen-bond donors (Lipinski definition) is 0. The molecule has 0 aliphatic heterocycles. The summed E-state index contributed by atoms with van der Waals surface area (Å²) in [4.78, 5) is 12.0. The van der Waals surface area contributed by atoms with Crippen LogP contribution < -0.4 is 4.74 Å². The molecule has 0 spiro atoms. The van der Waals surface area contributed by atoms with E-state index in [9.17, 15) is 4.79 Å². The number of carbonyl (C=O) groups excluding carboxylic acids is 1. The third-order valence-corrected chi connectivity index (χ3v) is 4.84. The summed E-state index contributed by atoms with van der Waals surface area (Å²) < 4.78 is 5.40. The van der Waals surface area contributed by atoms with Gasteiger partial charge in [0.2, 0.25) is 0 Å². The molecule has 0 unspecified atom stereocenters. The van der Waals surface area contributed by atoms with Crippen LogP contribution >= 0.6 is 0 Å². The second kappa shape index (κ2) is 14.5. The highest BCUT2D eigenvalue weighted by Crippen LogP contribution is 2.21. The lowest BCUT2D eigenvalue weighted by atomic mass is 10.1. The Hall–Kier alpha value is -2.49. The Morgan fingerprint density at radius 3 is 1.79 bits per heavy atom. The molecule has 29 heavy (non-hydrogen) atoms. The average Bonchev–Trinajstić information content (AvgIpc) is 2.75. The highest BCUT2D eigenvalue weighted by Gasteiger charge is 2.05. The third-order valence-electron chi connectivity index (χ3n) is 4.84. The van der Waals surface area contributed by atoms with Gasteiger partial charge in [0.1, 0.15) is 5.75 Å². The summed E-state index contributed by atoms with van der Waals surface area (Å²) in [5.74, 6) is 0.393. The minimum atomic E-state index is -0.164. The van der Waals surface area contributed by atoms with Crippen LogP contribution in [-0.4, -0.2) is 5.97 Å².